The van der Waals surface area contributed by atoms with E-state index in [0.717, 1.165) is 6.54 Å². The molecule has 0 saturated heterocycles. The van der Waals surface area contributed by atoms with E-state index in [0.29, 0.717) is 0 Å². The quantitative estimate of drug-likeness (QED) is 0.498. The second kappa shape index (κ2) is 14.0. The number of hydrogen-bond acceptors (Lipinski definition) is 2. The lowest BCUT2D eigenvalue weighted by Gasteiger charge is -2.22. The minimum absolute atomic E-state index is 0.857. The Labute approximate surface area is 109 Å². The summed E-state index contributed by atoms with van der Waals surface area (Å²) >= 11 is 0. The molecule has 0 aliphatic rings. The van der Waals surface area contributed by atoms with Crippen molar-refractivity contribution in [2.75, 3.05) is 26.2 Å². The molecule has 0 aliphatic heterocycles. The summed E-state index contributed by atoms with van der Waals surface area (Å²) in [5.74, 6) is 0. The largest absolute Gasteiger partial charge is 0.330 e. The van der Waals surface area contributed by atoms with Crippen LogP contribution >= 0.6 is 0 Å². The second-order valence-corrected chi connectivity index (χ2v) is 5.11. The smallest absolute Gasteiger partial charge is 0.00187 e. The maximum Gasteiger partial charge on any atom is -0.00187 e. The predicted molar refractivity (Wildman–Crippen MR) is 78.4 cm³/mol. The first-order valence-corrected chi connectivity index (χ1v) is 7.77. The molecule has 2 heteroatoms. The first-order valence-electron chi connectivity index (χ1n) is 7.77. The van der Waals surface area contributed by atoms with Crippen LogP contribution < -0.4 is 5.73 Å². The Balaban J connectivity index is 3.53. The summed E-state index contributed by atoms with van der Waals surface area (Å²) in [5.41, 5.74) is 5.51. The average molecular weight is 242 g/mol. The van der Waals surface area contributed by atoms with Crippen LogP contribution in [0.3, 0.4) is 0 Å². The van der Waals surface area contributed by atoms with E-state index in [9.17, 15) is 0 Å². The van der Waals surface area contributed by atoms with E-state index in [2.05, 4.69) is 18.7 Å². The van der Waals surface area contributed by atoms with Gasteiger partial charge in [0.1, 0.15) is 0 Å². The van der Waals surface area contributed by atoms with E-state index in [1.54, 1.807) is 0 Å². The highest BCUT2D eigenvalue weighted by Gasteiger charge is 2.03. The van der Waals surface area contributed by atoms with Crippen molar-refractivity contribution >= 4 is 0 Å². The van der Waals surface area contributed by atoms with Gasteiger partial charge in [0.2, 0.25) is 0 Å². The normalized spacial score (nSPS) is 11.3. The van der Waals surface area contributed by atoms with E-state index in [1.165, 1.54) is 77.4 Å². The third kappa shape index (κ3) is 12.2. The van der Waals surface area contributed by atoms with Crippen molar-refractivity contribution in [1.29, 1.82) is 0 Å². The van der Waals surface area contributed by atoms with Crippen LogP contribution in [0.25, 0.3) is 0 Å². The average Bonchev–Trinajstić information content (AvgIpc) is 2.35. The molecule has 0 fully saturated rings. The number of unbranched alkanes of at least 4 members (excludes halogenated alkanes) is 6. The minimum Gasteiger partial charge on any atom is -0.330 e. The fourth-order valence-corrected chi connectivity index (χ4v) is 2.14. The minimum atomic E-state index is 0.857. The van der Waals surface area contributed by atoms with Crippen LogP contribution in [-0.4, -0.2) is 31.1 Å². The lowest BCUT2D eigenvalue weighted by molar-refractivity contribution is 0.257. The second-order valence-electron chi connectivity index (χ2n) is 5.11. The van der Waals surface area contributed by atoms with Crippen molar-refractivity contribution in [3.8, 4) is 0 Å². The van der Waals surface area contributed by atoms with Gasteiger partial charge >= 0.3 is 0 Å². The maximum absolute atomic E-state index is 5.51. The van der Waals surface area contributed by atoms with Gasteiger partial charge in [0, 0.05) is 0 Å². The summed E-state index contributed by atoms with van der Waals surface area (Å²) in [5, 5.41) is 0. The Morgan fingerprint density at radius 3 is 1.76 bits per heavy atom. The van der Waals surface area contributed by atoms with E-state index < -0.39 is 0 Å². The number of rotatable bonds is 13. The van der Waals surface area contributed by atoms with Crippen LogP contribution in [-0.2, 0) is 0 Å². The molecule has 0 amide bonds. The molecule has 0 rings (SSSR count). The van der Waals surface area contributed by atoms with Gasteiger partial charge in [-0.25, -0.2) is 0 Å². The van der Waals surface area contributed by atoms with Crippen molar-refractivity contribution < 1.29 is 0 Å². The van der Waals surface area contributed by atoms with E-state index >= 15 is 0 Å². The standard InChI is InChI=1S/C15H34N2/c1-3-5-10-14-17(13-6-4-2)15-11-8-7-9-12-16/h3-16H2,1-2H3. The molecule has 0 bridgehead atoms. The molecule has 2 N–H and O–H groups in total. The molecule has 104 valence electrons. The van der Waals surface area contributed by atoms with Gasteiger partial charge in [0.15, 0.2) is 0 Å². The van der Waals surface area contributed by atoms with Gasteiger partial charge in [-0.15, -0.1) is 0 Å². The van der Waals surface area contributed by atoms with Crippen LogP contribution in [0.15, 0.2) is 0 Å². The molecular weight excluding hydrogens is 208 g/mol. The van der Waals surface area contributed by atoms with Crippen LogP contribution in [0.5, 0.6) is 0 Å². The van der Waals surface area contributed by atoms with E-state index in [-0.39, 0.29) is 0 Å². The number of nitrogens with zero attached hydrogens (tertiary/aromatic N) is 1. The third-order valence-electron chi connectivity index (χ3n) is 3.33. The maximum atomic E-state index is 5.51. The predicted octanol–water partition coefficient (Wildman–Crippen LogP) is 3.80. The van der Waals surface area contributed by atoms with Crippen LogP contribution in [0.2, 0.25) is 0 Å². The Morgan fingerprint density at radius 2 is 1.18 bits per heavy atom. The van der Waals surface area contributed by atoms with Gasteiger partial charge in [-0.3, -0.25) is 0 Å². The van der Waals surface area contributed by atoms with Crippen molar-refractivity contribution in [2.24, 2.45) is 5.73 Å². The zero-order valence-electron chi connectivity index (χ0n) is 12.2. The first kappa shape index (κ1) is 16.9. The fourth-order valence-electron chi connectivity index (χ4n) is 2.14. The molecule has 0 aromatic heterocycles. The molecular formula is C15H34N2. The summed E-state index contributed by atoms with van der Waals surface area (Å²) < 4.78 is 0. The Kier molecular flexibility index (Phi) is 13.9. The van der Waals surface area contributed by atoms with Gasteiger partial charge in [0.05, 0.1) is 0 Å². The highest BCUT2D eigenvalue weighted by Crippen LogP contribution is 2.05. The Bertz CT molecular complexity index is 137. The van der Waals surface area contributed by atoms with Crippen LogP contribution in [0.1, 0.15) is 71.6 Å². The molecule has 0 unspecified atom stereocenters. The molecule has 2 nitrogen and oxygen atoms in total. The number of hydrogen-bond donors (Lipinski definition) is 1. The topological polar surface area (TPSA) is 29.3 Å². The zero-order valence-corrected chi connectivity index (χ0v) is 12.2. The SMILES string of the molecule is CCCCCN(CCCC)CCCCCCN. The lowest BCUT2D eigenvalue weighted by atomic mass is 10.1. The molecule has 0 aliphatic carbocycles. The summed E-state index contributed by atoms with van der Waals surface area (Å²) in [7, 11) is 0. The first-order chi connectivity index (χ1) is 8.35. The van der Waals surface area contributed by atoms with Gasteiger partial charge < -0.3 is 10.6 Å². The summed E-state index contributed by atoms with van der Waals surface area (Å²) in [6.07, 6.45) is 12.0. The van der Waals surface area contributed by atoms with Gasteiger partial charge in [-0.05, 0) is 51.9 Å². The van der Waals surface area contributed by atoms with Gasteiger partial charge in [-0.1, -0.05) is 46.0 Å². The zero-order chi connectivity index (χ0) is 12.8. The summed E-state index contributed by atoms with van der Waals surface area (Å²) in [4.78, 5) is 2.67. The highest BCUT2D eigenvalue weighted by molar-refractivity contribution is 4.59. The molecule has 0 aromatic carbocycles. The van der Waals surface area contributed by atoms with Crippen molar-refractivity contribution in [1.82, 2.24) is 4.90 Å². The van der Waals surface area contributed by atoms with Crippen LogP contribution in [0, 0.1) is 0 Å². The lowest BCUT2D eigenvalue weighted by Crippen LogP contribution is -2.27. The molecule has 0 aromatic rings. The van der Waals surface area contributed by atoms with Gasteiger partial charge in [0.25, 0.3) is 0 Å². The Hall–Kier alpha value is -0.0800. The monoisotopic (exact) mass is 242 g/mol. The highest BCUT2D eigenvalue weighted by atomic mass is 15.1. The van der Waals surface area contributed by atoms with E-state index in [4.69, 9.17) is 5.73 Å². The van der Waals surface area contributed by atoms with Crippen molar-refractivity contribution in [2.45, 2.75) is 71.6 Å². The summed E-state index contributed by atoms with van der Waals surface area (Å²) in [6, 6.07) is 0. The molecule has 0 spiro atoms. The number of nitrogens with two attached hydrogens (primary N) is 1. The third-order valence-corrected chi connectivity index (χ3v) is 3.33. The molecule has 0 atom stereocenters. The van der Waals surface area contributed by atoms with Crippen molar-refractivity contribution in [3.63, 3.8) is 0 Å². The molecule has 0 saturated carbocycles. The van der Waals surface area contributed by atoms with Crippen LogP contribution in [0.4, 0.5) is 0 Å². The van der Waals surface area contributed by atoms with E-state index in [1.807, 2.05) is 0 Å². The Morgan fingerprint density at radius 1 is 0.647 bits per heavy atom. The molecule has 17 heavy (non-hydrogen) atoms. The van der Waals surface area contributed by atoms with Crippen molar-refractivity contribution in [3.05, 3.63) is 0 Å². The summed E-state index contributed by atoms with van der Waals surface area (Å²) in [6.45, 7) is 9.33. The molecule has 0 heterocycles. The molecule has 0 radical (unpaired) electrons. The fraction of sp³-hybridized carbons (Fsp3) is 1.00. The van der Waals surface area contributed by atoms with Gasteiger partial charge in [-0.2, -0.15) is 0 Å².